The van der Waals surface area contributed by atoms with E-state index >= 15 is 0 Å². The molecule has 2 rings (SSSR count). The van der Waals surface area contributed by atoms with Gasteiger partial charge in [0.15, 0.2) is 5.96 Å². The Morgan fingerprint density at radius 1 is 1.05 bits per heavy atom. The van der Waals surface area contributed by atoms with Crippen LogP contribution >= 0.6 is 0 Å². The van der Waals surface area contributed by atoms with Crippen molar-refractivity contribution < 1.29 is 5.11 Å². The molecule has 4 nitrogen and oxygen atoms in total. The van der Waals surface area contributed by atoms with Crippen molar-refractivity contribution >= 4 is 5.96 Å². The van der Waals surface area contributed by atoms with Crippen molar-refractivity contribution in [2.45, 2.75) is 63.8 Å². The Labute approximate surface area is 116 Å². The monoisotopic (exact) mass is 267 g/mol. The number of nitrogens with zero attached hydrogens (tertiary/aromatic N) is 1. The van der Waals surface area contributed by atoms with Crippen LogP contribution in [0.25, 0.3) is 0 Å². The second-order valence-electron chi connectivity index (χ2n) is 6.29. The molecule has 2 fully saturated rings. The number of guanidine groups is 1. The highest BCUT2D eigenvalue weighted by atomic mass is 16.3. The summed E-state index contributed by atoms with van der Waals surface area (Å²) in [4.78, 5) is 4.51. The number of aliphatic imine (C=N–C) groups is 1. The van der Waals surface area contributed by atoms with Crippen molar-refractivity contribution in [3.63, 3.8) is 0 Å². The molecule has 0 radical (unpaired) electrons. The maximum atomic E-state index is 9.23. The molecule has 0 unspecified atom stereocenters. The smallest absolute Gasteiger partial charge is 0.188 e. The molecule has 2 aliphatic rings. The zero-order valence-corrected chi connectivity index (χ0v) is 12.0. The molecule has 0 amide bonds. The van der Waals surface area contributed by atoms with Gasteiger partial charge in [0.1, 0.15) is 0 Å². The average Bonchev–Trinajstić information content (AvgIpc) is 2.46. The maximum Gasteiger partial charge on any atom is 0.188 e. The van der Waals surface area contributed by atoms with E-state index in [0.29, 0.717) is 30.4 Å². The van der Waals surface area contributed by atoms with Gasteiger partial charge in [0.05, 0.1) is 0 Å². The highest BCUT2D eigenvalue weighted by Gasteiger charge is 2.21. The van der Waals surface area contributed by atoms with Crippen LogP contribution < -0.4 is 11.1 Å². The standard InChI is InChI=1S/C15H29N3O/c16-15(18-14-7-2-1-3-8-14)17-10-12-5-4-6-13(9-12)11-19/h12-14,19H,1-11H2,(H3,16,17,18)/t12-,13+/m0/s1. The molecule has 110 valence electrons. The summed E-state index contributed by atoms with van der Waals surface area (Å²) in [6, 6.07) is 0.536. The van der Waals surface area contributed by atoms with E-state index in [1.165, 1.54) is 51.4 Å². The Balaban J connectivity index is 1.71. The lowest BCUT2D eigenvalue weighted by molar-refractivity contribution is 0.163. The molecule has 19 heavy (non-hydrogen) atoms. The van der Waals surface area contributed by atoms with Gasteiger partial charge in [-0.05, 0) is 43.9 Å². The minimum Gasteiger partial charge on any atom is -0.396 e. The van der Waals surface area contributed by atoms with Crippen LogP contribution in [-0.4, -0.2) is 30.3 Å². The summed E-state index contributed by atoms with van der Waals surface area (Å²) in [7, 11) is 0. The summed E-state index contributed by atoms with van der Waals surface area (Å²) in [5, 5.41) is 12.6. The van der Waals surface area contributed by atoms with Gasteiger partial charge in [0.25, 0.3) is 0 Å². The Morgan fingerprint density at radius 3 is 2.53 bits per heavy atom. The van der Waals surface area contributed by atoms with Gasteiger partial charge in [-0.25, -0.2) is 0 Å². The number of aliphatic hydroxyl groups excluding tert-OH is 1. The Kier molecular flexibility index (Phi) is 5.95. The Bertz CT molecular complexity index is 287. The summed E-state index contributed by atoms with van der Waals surface area (Å²) in [6.45, 7) is 1.15. The van der Waals surface area contributed by atoms with E-state index in [4.69, 9.17) is 5.73 Å². The fraction of sp³-hybridized carbons (Fsp3) is 0.933. The van der Waals surface area contributed by atoms with Crippen molar-refractivity contribution in [1.82, 2.24) is 5.32 Å². The van der Waals surface area contributed by atoms with Gasteiger partial charge < -0.3 is 16.2 Å². The molecule has 0 aromatic rings. The molecule has 2 aliphatic carbocycles. The summed E-state index contributed by atoms with van der Waals surface area (Å²) in [5.74, 6) is 1.72. The molecule has 0 spiro atoms. The molecule has 0 aromatic heterocycles. The fourth-order valence-corrected chi connectivity index (χ4v) is 3.46. The number of hydrogen-bond donors (Lipinski definition) is 3. The van der Waals surface area contributed by atoms with Crippen LogP contribution in [0.1, 0.15) is 57.8 Å². The van der Waals surface area contributed by atoms with Crippen LogP contribution in [0.4, 0.5) is 0 Å². The number of nitrogens with one attached hydrogen (secondary N) is 1. The predicted molar refractivity (Wildman–Crippen MR) is 79.0 cm³/mol. The molecule has 4 N–H and O–H groups in total. The van der Waals surface area contributed by atoms with E-state index in [2.05, 4.69) is 10.3 Å². The number of aliphatic hydroxyl groups is 1. The lowest BCUT2D eigenvalue weighted by Crippen LogP contribution is -2.41. The highest BCUT2D eigenvalue weighted by Crippen LogP contribution is 2.28. The van der Waals surface area contributed by atoms with Crippen molar-refractivity contribution in [3.8, 4) is 0 Å². The van der Waals surface area contributed by atoms with Crippen LogP contribution in [0.5, 0.6) is 0 Å². The largest absolute Gasteiger partial charge is 0.396 e. The van der Waals surface area contributed by atoms with Crippen molar-refractivity contribution in [3.05, 3.63) is 0 Å². The highest BCUT2D eigenvalue weighted by molar-refractivity contribution is 5.78. The molecule has 0 heterocycles. The van der Waals surface area contributed by atoms with E-state index in [1.54, 1.807) is 0 Å². The third-order valence-corrected chi connectivity index (χ3v) is 4.63. The lowest BCUT2D eigenvalue weighted by atomic mass is 9.82. The normalized spacial score (nSPS) is 30.3. The van der Waals surface area contributed by atoms with E-state index in [0.717, 1.165) is 13.0 Å². The van der Waals surface area contributed by atoms with Gasteiger partial charge in [0.2, 0.25) is 0 Å². The third kappa shape index (κ3) is 5.01. The van der Waals surface area contributed by atoms with E-state index in [9.17, 15) is 5.11 Å². The van der Waals surface area contributed by atoms with Crippen molar-refractivity contribution in [2.75, 3.05) is 13.2 Å². The third-order valence-electron chi connectivity index (χ3n) is 4.63. The topological polar surface area (TPSA) is 70.6 Å². The lowest BCUT2D eigenvalue weighted by Gasteiger charge is -2.27. The van der Waals surface area contributed by atoms with E-state index < -0.39 is 0 Å². The minimum atomic E-state index is 0.329. The summed E-state index contributed by atoms with van der Waals surface area (Å²) < 4.78 is 0. The van der Waals surface area contributed by atoms with E-state index in [-0.39, 0.29) is 0 Å². The molecular formula is C15H29N3O. The Morgan fingerprint density at radius 2 is 1.79 bits per heavy atom. The first-order chi connectivity index (χ1) is 9.28. The second kappa shape index (κ2) is 7.73. The first-order valence-corrected chi connectivity index (χ1v) is 7.95. The molecule has 0 saturated heterocycles. The molecule has 0 bridgehead atoms. The van der Waals surface area contributed by atoms with Crippen LogP contribution in [0.15, 0.2) is 4.99 Å². The SMILES string of the molecule is NC(=NC[C@H]1CCC[C@@H](CO)C1)NC1CCCCC1. The van der Waals surface area contributed by atoms with Gasteiger partial charge in [-0.2, -0.15) is 0 Å². The van der Waals surface area contributed by atoms with Gasteiger partial charge >= 0.3 is 0 Å². The van der Waals surface area contributed by atoms with Crippen LogP contribution in [0, 0.1) is 11.8 Å². The second-order valence-corrected chi connectivity index (χ2v) is 6.29. The van der Waals surface area contributed by atoms with Gasteiger partial charge in [-0.15, -0.1) is 0 Å². The van der Waals surface area contributed by atoms with E-state index in [1.807, 2.05) is 0 Å². The van der Waals surface area contributed by atoms with Crippen molar-refractivity contribution in [2.24, 2.45) is 22.6 Å². The van der Waals surface area contributed by atoms with Crippen LogP contribution in [0.2, 0.25) is 0 Å². The zero-order valence-electron chi connectivity index (χ0n) is 12.0. The number of hydrogen-bond acceptors (Lipinski definition) is 2. The molecule has 4 heteroatoms. The summed E-state index contributed by atoms with van der Waals surface area (Å²) in [5.41, 5.74) is 5.98. The number of nitrogens with two attached hydrogens (primary N) is 1. The predicted octanol–water partition coefficient (Wildman–Crippen LogP) is 2.02. The molecule has 2 saturated carbocycles. The van der Waals surface area contributed by atoms with Crippen LogP contribution in [0.3, 0.4) is 0 Å². The average molecular weight is 267 g/mol. The summed E-state index contributed by atoms with van der Waals surface area (Å²) >= 11 is 0. The first kappa shape index (κ1) is 14.6. The summed E-state index contributed by atoms with van der Waals surface area (Å²) in [6.07, 6.45) is 11.2. The zero-order chi connectivity index (χ0) is 13.5. The fourth-order valence-electron chi connectivity index (χ4n) is 3.46. The quantitative estimate of drug-likeness (QED) is 0.539. The molecule has 0 aromatic carbocycles. The van der Waals surface area contributed by atoms with Crippen molar-refractivity contribution in [1.29, 1.82) is 0 Å². The molecule has 0 aliphatic heterocycles. The maximum absolute atomic E-state index is 9.23. The molecule has 2 atom stereocenters. The van der Waals surface area contributed by atoms with Gasteiger partial charge in [-0.1, -0.05) is 25.7 Å². The molecular weight excluding hydrogens is 238 g/mol. The first-order valence-electron chi connectivity index (χ1n) is 7.95. The van der Waals surface area contributed by atoms with Crippen LogP contribution in [-0.2, 0) is 0 Å². The minimum absolute atomic E-state index is 0.329. The Hall–Kier alpha value is -0.770. The van der Waals surface area contributed by atoms with Gasteiger partial charge in [0, 0.05) is 19.2 Å². The number of rotatable bonds is 4. The van der Waals surface area contributed by atoms with Gasteiger partial charge in [-0.3, -0.25) is 4.99 Å².